The molecule has 7 heteroatoms. The average Bonchev–Trinajstić information content (AvgIpc) is 3.14. The Morgan fingerprint density at radius 1 is 1.52 bits per heavy atom. The Hall–Kier alpha value is -0.920. The van der Waals surface area contributed by atoms with Gasteiger partial charge in [0.2, 0.25) is 5.91 Å². The Bertz CT molecular complexity index is 555. The molecular formula is C16H23ClN2O3S. The zero-order valence-corrected chi connectivity index (χ0v) is 14.5. The van der Waals surface area contributed by atoms with Crippen LogP contribution in [0.3, 0.4) is 0 Å². The summed E-state index contributed by atoms with van der Waals surface area (Å²) < 4.78 is 5.97. The monoisotopic (exact) mass is 358 g/mol. The van der Waals surface area contributed by atoms with Crippen molar-refractivity contribution >= 4 is 35.7 Å². The van der Waals surface area contributed by atoms with Crippen LogP contribution in [0.5, 0.6) is 0 Å². The maximum absolute atomic E-state index is 12.0. The number of rotatable bonds is 4. The largest absolute Gasteiger partial charge is 0.392 e. The van der Waals surface area contributed by atoms with Crippen LogP contribution < -0.4 is 10.6 Å². The number of thiophene rings is 1. The number of aliphatic hydroxyl groups is 1. The van der Waals surface area contributed by atoms with E-state index >= 15 is 0 Å². The van der Waals surface area contributed by atoms with Crippen molar-refractivity contribution in [1.82, 2.24) is 10.6 Å². The van der Waals surface area contributed by atoms with Crippen molar-refractivity contribution in [3.8, 4) is 0 Å². The Kier molecular flexibility index (Phi) is 6.61. The zero-order chi connectivity index (χ0) is 15.4. The van der Waals surface area contributed by atoms with E-state index in [0.717, 1.165) is 42.8 Å². The van der Waals surface area contributed by atoms with Crippen molar-refractivity contribution in [3.05, 3.63) is 28.0 Å². The second-order valence-corrected chi connectivity index (χ2v) is 6.95. The lowest BCUT2D eigenvalue weighted by Gasteiger charge is -2.32. The lowest BCUT2D eigenvalue weighted by molar-refractivity contribution is -0.117. The first-order chi connectivity index (χ1) is 10.7. The van der Waals surface area contributed by atoms with Gasteiger partial charge in [0.05, 0.1) is 24.9 Å². The molecule has 1 aromatic heterocycles. The minimum Gasteiger partial charge on any atom is -0.392 e. The first kappa shape index (κ1) is 18.4. The van der Waals surface area contributed by atoms with Crippen LogP contribution in [-0.4, -0.2) is 42.4 Å². The normalized spacial score (nSPS) is 23.1. The van der Waals surface area contributed by atoms with E-state index in [-0.39, 0.29) is 36.6 Å². The molecule has 1 spiro atoms. The molecule has 0 aromatic carbocycles. The first-order valence-electron chi connectivity index (χ1n) is 7.71. The summed E-state index contributed by atoms with van der Waals surface area (Å²) >= 11 is 1.52. The Labute approximate surface area is 146 Å². The third-order valence-electron chi connectivity index (χ3n) is 4.33. The van der Waals surface area contributed by atoms with E-state index < -0.39 is 0 Å². The molecule has 1 unspecified atom stereocenters. The second-order valence-electron chi connectivity index (χ2n) is 6.00. The molecule has 0 bridgehead atoms. The summed E-state index contributed by atoms with van der Waals surface area (Å²) in [5.41, 5.74) is 0.846. The molecule has 0 aliphatic carbocycles. The second kappa shape index (κ2) is 8.26. The van der Waals surface area contributed by atoms with Crippen LogP contribution in [0.4, 0.5) is 0 Å². The van der Waals surface area contributed by atoms with E-state index in [1.807, 2.05) is 11.4 Å². The van der Waals surface area contributed by atoms with E-state index in [9.17, 15) is 4.79 Å². The summed E-state index contributed by atoms with van der Waals surface area (Å²) in [5, 5.41) is 17.3. The molecule has 2 aliphatic heterocycles. The lowest BCUT2D eigenvalue weighted by Crippen LogP contribution is -2.42. The van der Waals surface area contributed by atoms with Crippen molar-refractivity contribution in [1.29, 1.82) is 0 Å². The van der Waals surface area contributed by atoms with E-state index in [0.29, 0.717) is 6.61 Å². The molecule has 128 valence electrons. The van der Waals surface area contributed by atoms with E-state index in [1.165, 1.54) is 11.3 Å². The van der Waals surface area contributed by atoms with Crippen LogP contribution in [0.1, 0.15) is 29.7 Å². The van der Waals surface area contributed by atoms with Crippen molar-refractivity contribution in [2.45, 2.75) is 37.5 Å². The molecule has 0 radical (unpaired) electrons. The average molecular weight is 359 g/mol. The van der Waals surface area contributed by atoms with E-state index in [2.05, 4.69) is 10.6 Å². The first-order valence-corrected chi connectivity index (χ1v) is 8.59. The van der Waals surface area contributed by atoms with E-state index in [1.54, 1.807) is 12.2 Å². The molecule has 2 fully saturated rings. The minimum absolute atomic E-state index is 0. The number of aliphatic hydroxyl groups excluding tert-OH is 1. The van der Waals surface area contributed by atoms with Gasteiger partial charge in [0.25, 0.3) is 0 Å². The summed E-state index contributed by atoms with van der Waals surface area (Å²) in [4.78, 5) is 13.0. The standard InChI is InChI=1S/C16H22N2O3S.ClH/c19-9-12-7-14(22-11-12)1-2-15(20)18-13-8-16(21-10-13)3-5-17-6-4-16;/h1-2,7,11,13,17,19H,3-6,8-10H2,(H,18,20);1H/b2-1+;. The molecule has 2 saturated heterocycles. The maximum atomic E-state index is 12.0. The highest BCUT2D eigenvalue weighted by Crippen LogP contribution is 2.33. The van der Waals surface area contributed by atoms with Crippen molar-refractivity contribution in [2.24, 2.45) is 0 Å². The summed E-state index contributed by atoms with van der Waals surface area (Å²) in [5.74, 6) is -0.0847. The van der Waals surface area contributed by atoms with Crippen LogP contribution in [-0.2, 0) is 16.1 Å². The van der Waals surface area contributed by atoms with Gasteiger partial charge in [-0.25, -0.2) is 0 Å². The number of nitrogens with one attached hydrogen (secondary N) is 2. The molecule has 1 amide bonds. The van der Waals surface area contributed by atoms with Gasteiger partial charge in [-0.1, -0.05) is 0 Å². The molecule has 3 heterocycles. The van der Waals surface area contributed by atoms with Crippen molar-refractivity contribution in [3.63, 3.8) is 0 Å². The van der Waals surface area contributed by atoms with Gasteiger partial charge in [-0.3, -0.25) is 4.79 Å². The zero-order valence-electron chi connectivity index (χ0n) is 12.9. The number of ether oxygens (including phenoxy) is 1. The number of piperidine rings is 1. The van der Waals surface area contributed by atoms with Gasteiger partial charge in [-0.2, -0.15) is 0 Å². The summed E-state index contributed by atoms with van der Waals surface area (Å²) in [7, 11) is 0. The van der Waals surface area contributed by atoms with Gasteiger partial charge in [-0.15, -0.1) is 23.7 Å². The van der Waals surface area contributed by atoms with Crippen LogP contribution in [0.15, 0.2) is 17.5 Å². The maximum Gasteiger partial charge on any atom is 0.244 e. The van der Waals surface area contributed by atoms with Gasteiger partial charge >= 0.3 is 0 Å². The van der Waals surface area contributed by atoms with Gasteiger partial charge in [-0.05, 0) is 55.4 Å². The number of carbonyl (C=O) groups is 1. The fourth-order valence-corrected chi connectivity index (χ4v) is 3.94. The van der Waals surface area contributed by atoms with Crippen molar-refractivity contribution in [2.75, 3.05) is 19.7 Å². The molecule has 5 nitrogen and oxygen atoms in total. The van der Waals surface area contributed by atoms with Gasteiger partial charge < -0.3 is 20.5 Å². The van der Waals surface area contributed by atoms with Crippen LogP contribution >= 0.6 is 23.7 Å². The van der Waals surface area contributed by atoms with Crippen LogP contribution in [0.2, 0.25) is 0 Å². The number of hydrogen-bond donors (Lipinski definition) is 3. The molecule has 3 rings (SSSR count). The third-order valence-corrected chi connectivity index (χ3v) is 5.27. The highest BCUT2D eigenvalue weighted by molar-refractivity contribution is 7.11. The SMILES string of the molecule is Cl.O=C(/C=C/c1cc(CO)cs1)NC1COC2(CCNCC2)C1. The summed E-state index contributed by atoms with van der Waals surface area (Å²) in [6, 6.07) is 1.99. The van der Waals surface area contributed by atoms with Crippen molar-refractivity contribution < 1.29 is 14.6 Å². The Morgan fingerprint density at radius 2 is 2.30 bits per heavy atom. The number of hydrogen-bond acceptors (Lipinski definition) is 5. The molecular weight excluding hydrogens is 336 g/mol. The summed E-state index contributed by atoms with van der Waals surface area (Å²) in [6.07, 6.45) is 6.29. The number of carbonyl (C=O) groups excluding carboxylic acids is 1. The number of halogens is 1. The van der Waals surface area contributed by atoms with Crippen LogP contribution in [0.25, 0.3) is 6.08 Å². The topological polar surface area (TPSA) is 70.6 Å². The molecule has 1 atom stereocenters. The van der Waals surface area contributed by atoms with Gasteiger partial charge in [0.1, 0.15) is 0 Å². The van der Waals surface area contributed by atoms with Crippen LogP contribution in [0, 0.1) is 0 Å². The Morgan fingerprint density at radius 3 is 3.00 bits per heavy atom. The smallest absolute Gasteiger partial charge is 0.244 e. The molecule has 3 N–H and O–H groups in total. The van der Waals surface area contributed by atoms with Gasteiger partial charge in [0, 0.05) is 11.0 Å². The quantitative estimate of drug-likeness (QED) is 0.716. The third kappa shape index (κ3) is 4.78. The predicted molar refractivity (Wildman–Crippen MR) is 93.9 cm³/mol. The highest BCUT2D eigenvalue weighted by Gasteiger charge is 2.41. The Balaban J connectivity index is 0.00000192. The fraction of sp³-hybridized carbons (Fsp3) is 0.562. The number of amides is 1. The van der Waals surface area contributed by atoms with E-state index in [4.69, 9.17) is 9.84 Å². The molecule has 1 aromatic rings. The summed E-state index contributed by atoms with van der Waals surface area (Å²) in [6.45, 7) is 2.62. The minimum atomic E-state index is -0.0847. The van der Waals surface area contributed by atoms with Gasteiger partial charge in [0.15, 0.2) is 0 Å². The molecule has 23 heavy (non-hydrogen) atoms. The molecule has 0 saturated carbocycles. The fourth-order valence-electron chi connectivity index (χ4n) is 3.14. The lowest BCUT2D eigenvalue weighted by atomic mass is 9.88. The molecule has 2 aliphatic rings. The highest BCUT2D eigenvalue weighted by atomic mass is 35.5. The predicted octanol–water partition coefficient (Wildman–Crippen LogP) is 1.70.